The number of esters is 1. The zero-order valence-electron chi connectivity index (χ0n) is 49.9. The van der Waals surface area contributed by atoms with Gasteiger partial charge in [0, 0.05) is 110 Å². The van der Waals surface area contributed by atoms with Crippen molar-refractivity contribution in [3.63, 3.8) is 0 Å². The second kappa shape index (κ2) is 25.2. The first-order chi connectivity index (χ1) is 40.1. The fourth-order valence-electron chi connectivity index (χ4n) is 10.5. The van der Waals surface area contributed by atoms with Crippen molar-refractivity contribution in [1.29, 1.82) is 0 Å². The Morgan fingerprint density at radius 3 is 1.23 bits per heavy atom. The molecule has 0 unspecified atom stereocenters. The highest BCUT2D eigenvalue weighted by Gasteiger charge is 2.22. The molecule has 3 N–H and O–H groups in total. The van der Waals surface area contributed by atoms with E-state index in [4.69, 9.17) is 4.74 Å². The molecule has 12 nitrogen and oxygen atoms in total. The van der Waals surface area contributed by atoms with Crippen molar-refractivity contribution in [1.82, 2.24) is 19.8 Å². The van der Waals surface area contributed by atoms with Crippen LogP contribution in [0.25, 0.3) is 44.1 Å². The van der Waals surface area contributed by atoms with Crippen LogP contribution < -0.4 is 20.4 Å². The van der Waals surface area contributed by atoms with Gasteiger partial charge in [0.1, 0.15) is 5.60 Å². The maximum Gasteiger partial charge on any atom is 0.339 e. The third kappa shape index (κ3) is 13.5. The lowest BCUT2D eigenvalue weighted by atomic mass is 9.98. The van der Waals surface area contributed by atoms with Crippen LogP contribution in [0.2, 0.25) is 0 Å². The van der Waals surface area contributed by atoms with E-state index in [0.717, 1.165) is 94.6 Å². The highest BCUT2D eigenvalue weighted by molar-refractivity contribution is 6.01. The number of aromatic nitrogens is 2. The molecule has 0 bridgehead atoms. The standard InChI is InChI=1S/C38H41N3O3.C34H33N3O3/c1-25-26(2)41(24-28-12-16-29(17-13-28)32-10-8-9-11-33(32)37(43)44-38(3,4)5)35-21-18-30(22-34(25)35)36(42)39-23-27-14-19-31(20-15-27)40(6)7;1-22-23(2)37(21-25-9-13-26(14-10-25)29-7-5-6-8-30(29)34(39)40)32-18-15-27(19-31(22)32)33(38)35-20-24-11-16-28(17-12-24)36(3)4/h8-22H,23-24H2,1-7H3,(H,39,42);5-19H,20-21H2,1-4H3,(H,35,38)(H,39,40). The van der Waals surface area contributed by atoms with E-state index in [9.17, 15) is 24.3 Å². The molecule has 2 amide bonds. The third-order valence-electron chi connectivity index (χ3n) is 15.5. The van der Waals surface area contributed by atoms with Gasteiger partial charge in [-0.15, -0.1) is 0 Å². The molecule has 0 atom stereocenters. The number of anilines is 2. The summed E-state index contributed by atoms with van der Waals surface area (Å²) in [5.41, 5.74) is 18.4. The summed E-state index contributed by atoms with van der Waals surface area (Å²) < 4.78 is 10.2. The number of rotatable bonds is 16. The van der Waals surface area contributed by atoms with Crippen LogP contribution in [-0.2, 0) is 30.9 Å². The third-order valence-corrected chi connectivity index (χ3v) is 15.5. The zero-order valence-corrected chi connectivity index (χ0v) is 49.9. The molecule has 2 heterocycles. The summed E-state index contributed by atoms with van der Waals surface area (Å²) in [6.45, 7) is 16.4. The van der Waals surface area contributed by atoms with Crippen LogP contribution in [0.1, 0.15) is 107 Å². The first kappa shape index (κ1) is 59.0. The van der Waals surface area contributed by atoms with Crippen LogP contribution >= 0.6 is 0 Å². The monoisotopic (exact) mass is 1120 g/mol. The second-order valence-electron chi connectivity index (χ2n) is 22.8. The van der Waals surface area contributed by atoms with E-state index in [1.54, 1.807) is 12.1 Å². The van der Waals surface area contributed by atoms with Gasteiger partial charge in [-0.1, -0.05) is 109 Å². The zero-order chi connectivity index (χ0) is 60.0. The van der Waals surface area contributed by atoms with Gasteiger partial charge in [-0.05, 0) is 177 Å². The predicted molar refractivity (Wildman–Crippen MR) is 341 cm³/mol. The molecule has 0 aliphatic rings. The maximum absolute atomic E-state index is 13.1. The van der Waals surface area contributed by atoms with Gasteiger partial charge in [-0.25, -0.2) is 9.59 Å². The van der Waals surface area contributed by atoms with E-state index in [1.807, 2.05) is 187 Å². The molecule has 0 aliphatic heterocycles. The average Bonchev–Trinajstić information content (AvgIpc) is 4.04. The van der Waals surface area contributed by atoms with Crippen molar-refractivity contribution in [2.75, 3.05) is 38.0 Å². The van der Waals surface area contributed by atoms with Crippen LogP contribution in [-0.4, -0.2) is 71.8 Å². The Balaban J connectivity index is 0.000000202. The molecule has 12 heteroatoms. The summed E-state index contributed by atoms with van der Waals surface area (Å²) in [5, 5.41) is 17.8. The summed E-state index contributed by atoms with van der Waals surface area (Å²) in [5.74, 6) is -1.44. The van der Waals surface area contributed by atoms with E-state index >= 15 is 0 Å². The van der Waals surface area contributed by atoms with Gasteiger partial charge in [-0.2, -0.15) is 0 Å². The first-order valence-corrected chi connectivity index (χ1v) is 28.2. The summed E-state index contributed by atoms with van der Waals surface area (Å²) in [7, 11) is 8.03. The Labute approximate surface area is 493 Å². The highest BCUT2D eigenvalue weighted by Crippen LogP contribution is 2.32. The number of carbonyl (C=O) groups excluding carboxylic acids is 3. The first-order valence-electron chi connectivity index (χ1n) is 28.2. The Kier molecular flexibility index (Phi) is 17.7. The summed E-state index contributed by atoms with van der Waals surface area (Å²) in [6, 6.07) is 59.1. The fourth-order valence-corrected chi connectivity index (χ4v) is 10.5. The van der Waals surface area contributed by atoms with Crippen LogP contribution in [0, 0.1) is 27.7 Å². The molecule has 8 aromatic carbocycles. The number of nitrogens with zero attached hydrogens (tertiary/aromatic N) is 4. The number of carboxylic acids is 1. The minimum absolute atomic E-state index is 0.0874. The number of amides is 2. The van der Waals surface area contributed by atoms with E-state index in [-0.39, 0.29) is 17.8 Å². The Hall–Kier alpha value is -9.68. The molecule has 0 fully saturated rings. The number of fused-ring (bicyclic) bond motifs is 2. The fraction of sp³-hybridized carbons (Fsp3) is 0.222. The molecule has 0 saturated heterocycles. The van der Waals surface area contributed by atoms with Crippen molar-refractivity contribution >= 4 is 56.9 Å². The normalized spacial score (nSPS) is 11.2. The number of aromatic carboxylic acids is 1. The molecule has 0 aliphatic carbocycles. The summed E-state index contributed by atoms with van der Waals surface area (Å²) in [4.78, 5) is 54.7. The molecule has 10 rings (SSSR count). The lowest BCUT2D eigenvalue weighted by Crippen LogP contribution is -2.24. The number of aryl methyl sites for hydroxylation is 2. The van der Waals surface area contributed by atoms with Gasteiger partial charge >= 0.3 is 11.9 Å². The molecule has 0 radical (unpaired) electrons. The lowest BCUT2D eigenvalue weighted by molar-refractivity contribution is 0.00699. The Bertz CT molecular complexity index is 4030. The molecular weight excluding hydrogens is 1040 g/mol. The van der Waals surface area contributed by atoms with E-state index < -0.39 is 11.6 Å². The predicted octanol–water partition coefficient (Wildman–Crippen LogP) is 14.6. The van der Waals surface area contributed by atoms with Crippen LogP contribution in [0.4, 0.5) is 11.4 Å². The van der Waals surface area contributed by atoms with Crippen molar-refractivity contribution < 1.29 is 29.0 Å². The van der Waals surface area contributed by atoms with Crippen molar-refractivity contribution in [3.8, 4) is 22.3 Å². The van der Waals surface area contributed by atoms with Crippen molar-refractivity contribution in [2.24, 2.45) is 0 Å². The van der Waals surface area contributed by atoms with Gasteiger partial charge in [0.05, 0.1) is 11.1 Å². The van der Waals surface area contributed by atoms with E-state index in [0.29, 0.717) is 54.0 Å². The van der Waals surface area contributed by atoms with Gasteiger partial charge in [-0.3, -0.25) is 9.59 Å². The van der Waals surface area contributed by atoms with Gasteiger partial charge in [0.15, 0.2) is 0 Å². The minimum atomic E-state index is -0.934. The van der Waals surface area contributed by atoms with Gasteiger partial charge in [0.2, 0.25) is 0 Å². The summed E-state index contributed by atoms with van der Waals surface area (Å²) in [6.07, 6.45) is 0. The number of carboxylic acid groups (broad SMARTS) is 1. The SMILES string of the molecule is Cc1c(C)n(Cc2ccc(-c3ccccc3C(=O)O)cc2)c2ccc(C(=O)NCc3ccc(N(C)C)cc3)cc12.Cc1c(C)n(Cc2ccc(-c3ccccc3C(=O)OC(C)(C)C)cc2)c2ccc(C(=O)NCc3ccc(N(C)C)cc3)cc12. The van der Waals surface area contributed by atoms with Crippen LogP contribution in [0.3, 0.4) is 0 Å². The number of hydrogen-bond acceptors (Lipinski definition) is 7. The van der Waals surface area contributed by atoms with Crippen LogP contribution in [0.5, 0.6) is 0 Å². The van der Waals surface area contributed by atoms with E-state index in [1.165, 1.54) is 0 Å². The van der Waals surface area contributed by atoms with E-state index in [2.05, 4.69) is 88.8 Å². The summed E-state index contributed by atoms with van der Waals surface area (Å²) >= 11 is 0. The Morgan fingerprint density at radius 2 is 0.845 bits per heavy atom. The second-order valence-corrected chi connectivity index (χ2v) is 22.8. The smallest absolute Gasteiger partial charge is 0.339 e. The molecule has 2 aromatic heterocycles. The largest absolute Gasteiger partial charge is 0.478 e. The number of carbonyl (C=O) groups is 4. The molecular formula is C72H74N6O6. The number of benzene rings is 8. The topological polar surface area (TPSA) is 138 Å². The maximum atomic E-state index is 13.1. The number of ether oxygens (including phenoxy) is 1. The molecule has 0 saturated carbocycles. The van der Waals surface area contributed by atoms with Gasteiger partial charge in [0.25, 0.3) is 11.8 Å². The highest BCUT2D eigenvalue weighted by atomic mass is 16.6. The molecule has 84 heavy (non-hydrogen) atoms. The quantitative estimate of drug-likeness (QED) is 0.0813. The van der Waals surface area contributed by atoms with Crippen LogP contribution in [0.15, 0.2) is 182 Å². The lowest BCUT2D eigenvalue weighted by Gasteiger charge is -2.20. The van der Waals surface area contributed by atoms with Crippen molar-refractivity contribution in [3.05, 3.63) is 249 Å². The number of hydrogen-bond donors (Lipinski definition) is 3. The molecule has 0 spiro atoms. The average molecular weight is 1120 g/mol. The van der Waals surface area contributed by atoms with Crippen molar-refractivity contribution in [2.45, 2.75) is 80.2 Å². The molecule has 428 valence electrons. The van der Waals surface area contributed by atoms with Gasteiger partial charge < -0.3 is 39.4 Å². The molecule has 10 aromatic rings. The Morgan fingerprint density at radius 1 is 0.476 bits per heavy atom. The minimum Gasteiger partial charge on any atom is -0.478 e. The number of nitrogens with one attached hydrogen (secondary N) is 2.